The number of hydrogen-bond acceptors (Lipinski definition) is 13. The smallest absolute Gasteiger partial charge is 0.255 e. The summed E-state index contributed by atoms with van der Waals surface area (Å²) < 4.78 is 11.4. The van der Waals surface area contributed by atoms with Gasteiger partial charge in [0.15, 0.2) is 11.6 Å². The van der Waals surface area contributed by atoms with Gasteiger partial charge in [0, 0.05) is 93.0 Å². The lowest BCUT2D eigenvalue weighted by molar-refractivity contribution is -0.137. The highest BCUT2D eigenvalue weighted by Crippen LogP contribution is 2.40. The first-order valence-electron chi connectivity index (χ1n) is 22.7. The second-order valence-electron chi connectivity index (χ2n) is 17.5. The second-order valence-corrected chi connectivity index (χ2v) is 17.5. The van der Waals surface area contributed by atoms with Gasteiger partial charge in [0.1, 0.15) is 36.0 Å². The standard InChI is InChI=1S/C47H59N9O8/c1-4-36-47(62)53(2)38-25-49-41(51-44(38)56(36)32-8-5-6-9-32)24-31-13-12-30(23-40(31)63-3)39(57)22-29-16-19-54(26-29)20-17-48-18-21-64-28-43(59)50-35-11-7-10-33-34(35)27-55(46(33)61)37-14-15-42(58)52-45(37)60/h7,10-13,23,25,29,32,36-37,48H,4-6,8-9,14-22,24,26-28H2,1-3H3,(H,50,59)(H,52,58,60)/t29?,36-,37?/m1/s1. The third kappa shape index (κ3) is 9.66. The molecule has 1 aromatic heterocycles. The van der Waals surface area contributed by atoms with Crippen molar-refractivity contribution in [2.24, 2.45) is 5.92 Å². The number of carbonyl (C=O) groups is 6. The van der Waals surface area contributed by atoms with Crippen LogP contribution in [0.25, 0.3) is 0 Å². The Hall–Kier alpha value is -5.78. The minimum absolute atomic E-state index is 0.0853. The molecule has 2 saturated heterocycles. The number of rotatable bonds is 18. The van der Waals surface area contributed by atoms with Crippen LogP contribution in [0.2, 0.25) is 0 Å². The molecule has 5 amide bonds. The number of imide groups is 1. The van der Waals surface area contributed by atoms with Gasteiger partial charge in [0.2, 0.25) is 23.6 Å². The fourth-order valence-corrected chi connectivity index (χ4v) is 9.96. The van der Waals surface area contributed by atoms with E-state index < -0.39 is 11.9 Å². The van der Waals surface area contributed by atoms with Crippen LogP contribution in [0.5, 0.6) is 5.75 Å². The van der Waals surface area contributed by atoms with Crippen molar-refractivity contribution >= 4 is 52.5 Å². The number of piperidine rings is 1. The SMILES string of the molecule is CC[C@@H]1C(=O)N(C)c2cnc(Cc3ccc(C(=O)CC4CCN(CCNCCOCC(=O)Nc5cccc6c5CN(C5CCC(=O)NC5=O)C6=O)C4)cc3OC)nc2N1C1CCCC1. The third-order valence-electron chi connectivity index (χ3n) is 13.4. The fraction of sp³-hybridized carbons (Fsp3) is 0.532. The quantitative estimate of drug-likeness (QED) is 0.0956. The van der Waals surface area contributed by atoms with E-state index >= 15 is 0 Å². The molecule has 8 rings (SSSR count). The number of ether oxygens (including phenoxy) is 2. The number of likely N-dealkylation sites (tertiary alicyclic amines) is 1. The molecular formula is C47H59N9O8. The highest BCUT2D eigenvalue weighted by Gasteiger charge is 2.42. The number of likely N-dealkylation sites (N-methyl/N-ethyl adjacent to an activating group) is 1. The van der Waals surface area contributed by atoms with Gasteiger partial charge < -0.3 is 39.7 Å². The van der Waals surface area contributed by atoms with Crippen LogP contribution < -0.4 is 30.5 Å². The van der Waals surface area contributed by atoms with Crippen LogP contribution in [0.3, 0.4) is 0 Å². The molecule has 0 bridgehead atoms. The van der Waals surface area contributed by atoms with Gasteiger partial charge in [-0.25, -0.2) is 9.97 Å². The number of nitrogens with zero attached hydrogens (tertiary/aromatic N) is 6. The van der Waals surface area contributed by atoms with Gasteiger partial charge in [-0.2, -0.15) is 0 Å². The molecule has 5 heterocycles. The molecule has 4 aliphatic heterocycles. The van der Waals surface area contributed by atoms with E-state index in [-0.39, 0.29) is 73.4 Å². The lowest BCUT2D eigenvalue weighted by atomic mass is 9.96. The summed E-state index contributed by atoms with van der Waals surface area (Å²) in [5, 5.41) is 8.51. The summed E-state index contributed by atoms with van der Waals surface area (Å²) in [4.78, 5) is 94.2. The Kier molecular flexibility index (Phi) is 14.0. The lowest BCUT2D eigenvalue weighted by Gasteiger charge is -2.43. The van der Waals surface area contributed by atoms with Crippen molar-refractivity contribution in [1.82, 2.24) is 30.4 Å². The van der Waals surface area contributed by atoms with E-state index in [4.69, 9.17) is 14.5 Å². The van der Waals surface area contributed by atoms with E-state index in [1.54, 1.807) is 43.5 Å². The average Bonchev–Trinajstić information content (AvgIpc) is 4.06. The summed E-state index contributed by atoms with van der Waals surface area (Å²) in [5.74, 6) is 1.04. The number of aromatic nitrogens is 2. The van der Waals surface area contributed by atoms with Crippen molar-refractivity contribution in [3.63, 3.8) is 0 Å². The highest BCUT2D eigenvalue weighted by atomic mass is 16.5. The number of nitrogens with one attached hydrogen (secondary N) is 3. The van der Waals surface area contributed by atoms with Crippen LogP contribution in [0.15, 0.2) is 42.6 Å². The molecular weight excluding hydrogens is 819 g/mol. The number of anilines is 3. The maximum atomic E-state index is 13.5. The Morgan fingerprint density at radius 2 is 1.84 bits per heavy atom. The Morgan fingerprint density at radius 1 is 1.02 bits per heavy atom. The van der Waals surface area contributed by atoms with Gasteiger partial charge in [0.05, 0.1) is 19.9 Å². The second kappa shape index (κ2) is 19.9. The van der Waals surface area contributed by atoms with Crippen LogP contribution in [0.1, 0.15) is 102 Å². The number of hydrogen-bond donors (Lipinski definition) is 3. The minimum atomic E-state index is -0.732. The summed E-state index contributed by atoms with van der Waals surface area (Å²) in [6.45, 7) is 6.29. The molecule has 0 spiro atoms. The van der Waals surface area contributed by atoms with Gasteiger partial charge in [-0.3, -0.25) is 34.1 Å². The zero-order chi connectivity index (χ0) is 44.9. The Bertz CT molecular complexity index is 2280. The number of fused-ring (bicyclic) bond motifs is 2. The van der Waals surface area contributed by atoms with Crippen LogP contribution in [0, 0.1) is 5.92 Å². The average molecular weight is 878 g/mol. The molecule has 17 nitrogen and oxygen atoms in total. The Balaban J connectivity index is 0.748. The molecule has 340 valence electrons. The number of methoxy groups -OCH3 is 1. The molecule has 2 aromatic carbocycles. The number of carbonyl (C=O) groups excluding carboxylic acids is 6. The molecule has 3 N–H and O–H groups in total. The van der Waals surface area contributed by atoms with E-state index in [2.05, 4.69) is 37.7 Å². The zero-order valence-electron chi connectivity index (χ0n) is 37.0. The molecule has 3 aromatic rings. The Morgan fingerprint density at radius 3 is 2.62 bits per heavy atom. The first-order chi connectivity index (χ1) is 31.0. The first kappa shape index (κ1) is 44.8. The Labute approximate surface area is 373 Å². The molecule has 3 atom stereocenters. The minimum Gasteiger partial charge on any atom is -0.496 e. The molecule has 5 aliphatic rings. The summed E-state index contributed by atoms with van der Waals surface area (Å²) >= 11 is 0. The van der Waals surface area contributed by atoms with Crippen molar-refractivity contribution in [2.45, 2.75) is 95.8 Å². The van der Waals surface area contributed by atoms with Crippen LogP contribution in [-0.2, 0) is 36.9 Å². The van der Waals surface area contributed by atoms with Crippen LogP contribution in [0.4, 0.5) is 17.2 Å². The maximum Gasteiger partial charge on any atom is 0.255 e. The van der Waals surface area contributed by atoms with Crippen LogP contribution in [-0.4, -0.2) is 133 Å². The van der Waals surface area contributed by atoms with Crippen molar-refractivity contribution in [1.29, 1.82) is 0 Å². The summed E-state index contributed by atoms with van der Waals surface area (Å²) in [5.41, 5.74) is 3.81. The predicted molar refractivity (Wildman–Crippen MR) is 238 cm³/mol. The van der Waals surface area contributed by atoms with Gasteiger partial charge in [-0.05, 0) is 62.8 Å². The van der Waals surface area contributed by atoms with Crippen molar-refractivity contribution in [3.8, 4) is 5.75 Å². The molecule has 3 fully saturated rings. The van der Waals surface area contributed by atoms with Gasteiger partial charge in [0.25, 0.3) is 5.91 Å². The van der Waals surface area contributed by atoms with Crippen molar-refractivity contribution in [3.05, 3.63) is 70.7 Å². The largest absolute Gasteiger partial charge is 0.496 e. The van der Waals surface area contributed by atoms with E-state index in [9.17, 15) is 28.8 Å². The van der Waals surface area contributed by atoms with E-state index in [1.165, 1.54) is 4.90 Å². The zero-order valence-corrected chi connectivity index (χ0v) is 37.0. The summed E-state index contributed by atoms with van der Waals surface area (Å²) in [6.07, 6.45) is 9.16. The molecule has 1 aliphatic carbocycles. The van der Waals surface area contributed by atoms with Crippen LogP contribution >= 0.6 is 0 Å². The topological polar surface area (TPSA) is 196 Å². The monoisotopic (exact) mass is 877 g/mol. The maximum absolute atomic E-state index is 13.5. The van der Waals surface area contributed by atoms with Gasteiger partial charge in [-0.1, -0.05) is 38.0 Å². The molecule has 17 heteroatoms. The molecule has 64 heavy (non-hydrogen) atoms. The fourth-order valence-electron chi connectivity index (χ4n) is 9.96. The van der Waals surface area contributed by atoms with E-state index in [0.717, 1.165) is 75.4 Å². The van der Waals surface area contributed by atoms with E-state index in [0.29, 0.717) is 66.4 Å². The number of benzene rings is 2. The predicted octanol–water partition coefficient (Wildman–Crippen LogP) is 3.48. The molecule has 0 radical (unpaired) electrons. The first-order valence-corrected chi connectivity index (χ1v) is 22.7. The lowest BCUT2D eigenvalue weighted by Crippen LogP contribution is -2.55. The summed E-state index contributed by atoms with van der Waals surface area (Å²) in [6, 6.07) is 10.0. The van der Waals surface area contributed by atoms with Crippen molar-refractivity contribution < 1.29 is 38.2 Å². The normalized spacial score (nSPS) is 21.4. The van der Waals surface area contributed by atoms with Gasteiger partial charge >= 0.3 is 0 Å². The highest BCUT2D eigenvalue weighted by molar-refractivity contribution is 6.07. The van der Waals surface area contributed by atoms with Gasteiger partial charge in [-0.15, -0.1) is 0 Å². The summed E-state index contributed by atoms with van der Waals surface area (Å²) in [7, 11) is 3.42. The van der Waals surface area contributed by atoms with Crippen molar-refractivity contribution in [2.75, 3.05) is 75.2 Å². The number of Topliss-reactive ketones (excluding diaryl/α,β-unsaturated/α-hetero) is 1. The van der Waals surface area contributed by atoms with E-state index in [1.807, 2.05) is 18.2 Å². The molecule has 1 saturated carbocycles. The third-order valence-corrected chi connectivity index (χ3v) is 13.4. The number of amides is 5. The molecule has 2 unspecified atom stereocenters. The number of ketones is 1.